The molecule has 31 heavy (non-hydrogen) atoms. The van der Waals surface area contributed by atoms with E-state index >= 15 is 0 Å². The maximum absolute atomic E-state index is 13.0. The van der Waals surface area contributed by atoms with Crippen LogP contribution in [0.1, 0.15) is 46.2 Å². The number of sulfonamides is 1. The van der Waals surface area contributed by atoms with Crippen molar-refractivity contribution in [2.24, 2.45) is 0 Å². The van der Waals surface area contributed by atoms with Gasteiger partial charge < -0.3 is 9.72 Å². The second-order valence-corrected chi connectivity index (χ2v) is 9.66. The highest BCUT2D eigenvalue weighted by Crippen LogP contribution is 2.25. The molecule has 162 valence electrons. The van der Waals surface area contributed by atoms with Gasteiger partial charge >= 0.3 is 5.97 Å². The number of nitrogens with one attached hydrogen (secondary N) is 1. The summed E-state index contributed by atoms with van der Waals surface area (Å²) >= 11 is 0. The van der Waals surface area contributed by atoms with Gasteiger partial charge in [0.15, 0.2) is 6.10 Å². The first-order valence-corrected chi connectivity index (χ1v) is 11.7. The zero-order valence-corrected chi connectivity index (χ0v) is 18.2. The number of para-hydroxylation sites is 1. The molecule has 0 aliphatic carbocycles. The number of Topliss-reactive ketones (excluding diaryl/α,β-unsaturated/α-hetero) is 1. The fourth-order valence-electron chi connectivity index (χ4n) is 3.94. The summed E-state index contributed by atoms with van der Waals surface area (Å²) < 4.78 is 32.4. The maximum atomic E-state index is 13.0. The Labute approximate surface area is 181 Å². The molecule has 4 rings (SSSR count). The van der Waals surface area contributed by atoms with E-state index in [2.05, 4.69) is 4.98 Å². The Morgan fingerprint density at radius 3 is 2.52 bits per heavy atom. The van der Waals surface area contributed by atoms with E-state index in [0.29, 0.717) is 24.3 Å². The van der Waals surface area contributed by atoms with Gasteiger partial charge in [0.25, 0.3) is 0 Å². The van der Waals surface area contributed by atoms with Crippen molar-refractivity contribution in [3.63, 3.8) is 0 Å². The molecule has 1 saturated heterocycles. The SMILES string of the molecule is Cc1[nH]c2ccccc2c1C(=O)C(C)OC(=O)c1cccc(S(=O)(=O)N2CCCC2)c1. The van der Waals surface area contributed by atoms with Crippen molar-refractivity contribution in [3.8, 4) is 0 Å². The molecule has 1 aliphatic heterocycles. The minimum Gasteiger partial charge on any atom is -0.451 e. The molecule has 2 heterocycles. The Kier molecular flexibility index (Phi) is 5.68. The van der Waals surface area contributed by atoms with Crippen molar-refractivity contribution >= 4 is 32.7 Å². The van der Waals surface area contributed by atoms with Crippen LogP contribution in [0.25, 0.3) is 10.9 Å². The number of rotatable bonds is 6. The van der Waals surface area contributed by atoms with Gasteiger partial charge in [0.05, 0.1) is 10.5 Å². The third-order valence-corrected chi connectivity index (χ3v) is 7.46. The lowest BCUT2D eigenvalue weighted by molar-refractivity contribution is 0.0319. The first kappa shape index (κ1) is 21.3. The number of aryl methyl sites for hydroxylation is 1. The number of hydrogen-bond donors (Lipinski definition) is 1. The number of carbonyl (C=O) groups is 2. The van der Waals surface area contributed by atoms with Crippen LogP contribution in [-0.4, -0.2) is 48.7 Å². The number of ether oxygens (including phenoxy) is 1. The molecule has 1 N–H and O–H groups in total. The van der Waals surface area contributed by atoms with Crippen molar-refractivity contribution < 1.29 is 22.7 Å². The number of fused-ring (bicyclic) bond motifs is 1. The van der Waals surface area contributed by atoms with Gasteiger partial charge in [0.2, 0.25) is 15.8 Å². The average Bonchev–Trinajstić information content (AvgIpc) is 3.41. The first-order valence-electron chi connectivity index (χ1n) is 10.2. The van der Waals surface area contributed by atoms with Crippen LogP contribution < -0.4 is 0 Å². The van der Waals surface area contributed by atoms with Crippen molar-refractivity contribution in [3.05, 3.63) is 65.4 Å². The largest absolute Gasteiger partial charge is 0.451 e. The van der Waals surface area contributed by atoms with Crippen LogP contribution in [0.15, 0.2) is 53.4 Å². The quantitative estimate of drug-likeness (QED) is 0.466. The van der Waals surface area contributed by atoms with Crippen molar-refractivity contribution in [2.75, 3.05) is 13.1 Å². The van der Waals surface area contributed by atoms with E-state index < -0.39 is 22.1 Å². The van der Waals surface area contributed by atoms with Crippen LogP contribution in [0.5, 0.6) is 0 Å². The molecule has 2 aromatic carbocycles. The Balaban J connectivity index is 1.54. The summed E-state index contributed by atoms with van der Waals surface area (Å²) in [6, 6.07) is 13.2. The number of aromatic amines is 1. The lowest BCUT2D eigenvalue weighted by atomic mass is 10.0. The summed E-state index contributed by atoms with van der Waals surface area (Å²) in [5.74, 6) is -1.05. The van der Waals surface area contributed by atoms with Crippen LogP contribution in [0.4, 0.5) is 0 Å². The number of aromatic nitrogens is 1. The highest BCUT2D eigenvalue weighted by Gasteiger charge is 2.29. The normalized spacial score (nSPS) is 15.8. The van der Waals surface area contributed by atoms with Gasteiger partial charge in [-0.15, -0.1) is 0 Å². The molecule has 7 nitrogen and oxygen atoms in total. The predicted molar refractivity (Wildman–Crippen MR) is 117 cm³/mol. The van der Waals surface area contributed by atoms with Crippen molar-refractivity contribution in [2.45, 2.75) is 37.7 Å². The van der Waals surface area contributed by atoms with Crippen LogP contribution in [0, 0.1) is 6.92 Å². The summed E-state index contributed by atoms with van der Waals surface area (Å²) in [6.07, 6.45) is 0.631. The molecule has 1 aliphatic rings. The molecular formula is C23H24N2O5S. The van der Waals surface area contributed by atoms with Gasteiger partial charge in [-0.2, -0.15) is 4.31 Å². The smallest absolute Gasteiger partial charge is 0.338 e. The summed E-state index contributed by atoms with van der Waals surface area (Å²) in [6.45, 7) is 4.28. The van der Waals surface area contributed by atoms with Gasteiger partial charge in [-0.1, -0.05) is 24.3 Å². The molecule has 3 aromatic rings. The number of hydrogen-bond acceptors (Lipinski definition) is 5. The van der Waals surface area contributed by atoms with E-state index in [1.165, 1.54) is 35.5 Å². The highest BCUT2D eigenvalue weighted by atomic mass is 32.2. The van der Waals surface area contributed by atoms with E-state index in [4.69, 9.17) is 4.74 Å². The minimum atomic E-state index is -3.65. The summed E-state index contributed by atoms with van der Waals surface area (Å²) in [7, 11) is -3.65. The summed E-state index contributed by atoms with van der Waals surface area (Å²) in [4.78, 5) is 28.9. The molecule has 0 bridgehead atoms. The van der Waals surface area contributed by atoms with E-state index in [0.717, 1.165) is 23.7 Å². The maximum Gasteiger partial charge on any atom is 0.338 e. The van der Waals surface area contributed by atoms with Gasteiger partial charge in [-0.3, -0.25) is 4.79 Å². The number of esters is 1. The van der Waals surface area contributed by atoms with E-state index in [9.17, 15) is 18.0 Å². The molecule has 0 spiro atoms. The lowest BCUT2D eigenvalue weighted by Crippen LogP contribution is -2.28. The zero-order valence-electron chi connectivity index (χ0n) is 17.4. The fourth-order valence-corrected chi connectivity index (χ4v) is 5.50. The van der Waals surface area contributed by atoms with Gasteiger partial charge in [0, 0.05) is 35.2 Å². The molecule has 1 unspecified atom stereocenters. The van der Waals surface area contributed by atoms with Gasteiger partial charge in [0.1, 0.15) is 0 Å². The van der Waals surface area contributed by atoms with Gasteiger partial charge in [-0.25, -0.2) is 13.2 Å². The number of ketones is 1. The topological polar surface area (TPSA) is 96.5 Å². The number of carbonyl (C=O) groups excluding carboxylic acids is 2. The number of H-pyrrole nitrogens is 1. The molecule has 0 amide bonds. The fraction of sp³-hybridized carbons (Fsp3) is 0.304. The van der Waals surface area contributed by atoms with Gasteiger partial charge in [-0.05, 0) is 51.0 Å². The monoisotopic (exact) mass is 440 g/mol. The molecular weight excluding hydrogens is 416 g/mol. The standard InChI is InChI=1S/C23H24N2O5S/c1-15-21(19-10-3-4-11-20(19)24-15)22(26)16(2)30-23(27)17-8-7-9-18(14-17)31(28,29)25-12-5-6-13-25/h3-4,7-11,14,16,24H,5-6,12-13H2,1-2H3. The molecule has 1 atom stereocenters. The third-order valence-electron chi connectivity index (χ3n) is 5.57. The molecule has 0 radical (unpaired) electrons. The van der Waals surface area contributed by atoms with E-state index in [1.54, 1.807) is 6.92 Å². The van der Waals surface area contributed by atoms with Crippen molar-refractivity contribution in [1.82, 2.24) is 9.29 Å². The molecule has 8 heteroatoms. The van der Waals surface area contributed by atoms with Crippen LogP contribution in [0.2, 0.25) is 0 Å². The molecule has 1 aromatic heterocycles. The second-order valence-electron chi connectivity index (χ2n) is 7.72. The predicted octanol–water partition coefficient (Wildman–Crippen LogP) is 3.69. The molecule has 0 saturated carbocycles. The second kappa shape index (κ2) is 8.28. The Bertz CT molecular complexity index is 1260. The van der Waals surface area contributed by atoms with Crippen molar-refractivity contribution in [1.29, 1.82) is 0 Å². The van der Waals surface area contributed by atoms with E-state index in [-0.39, 0.29) is 16.2 Å². The van der Waals surface area contributed by atoms with Crippen LogP contribution >= 0.6 is 0 Å². The van der Waals surface area contributed by atoms with Crippen LogP contribution in [0.3, 0.4) is 0 Å². The first-order chi connectivity index (χ1) is 14.8. The summed E-state index contributed by atoms with van der Waals surface area (Å²) in [5, 5.41) is 0.770. The highest BCUT2D eigenvalue weighted by molar-refractivity contribution is 7.89. The number of nitrogens with zero attached hydrogens (tertiary/aromatic N) is 1. The summed E-state index contributed by atoms with van der Waals surface area (Å²) in [5.41, 5.74) is 2.12. The Morgan fingerprint density at radius 2 is 1.77 bits per heavy atom. The van der Waals surface area contributed by atoms with E-state index in [1.807, 2.05) is 24.3 Å². The Hall–Kier alpha value is -2.97. The minimum absolute atomic E-state index is 0.0512. The lowest BCUT2D eigenvalue weighted by Gasteiger charge is -2.16. The number of benzene rings is 2. The van der Waals surface area contributed by atoms with Crippen LogP contribution in [-0.2, 0) is 14.8 Å². The molecule has 1 fully saturated rings. The Morgan fingerprint density at radius 1 is 1.06 bits per heavy atom. The average molecular weight is 441 g/mol. The third kappa shape index (κ3) is 4.00. The zero-order chi connectivity index (χ0) is 22.2.